The molecule has 5 rings (SSSR count). The molecule has 2 aliphatic heterocycles. The lowest BCUT2D eigenvalue weighted by atomic mass is 9.98. The summed E-state index contributed by atoms with van der Waals surface area (Å²) in [6, 6.07) is 6.54. The first kappa shape index (κ1) is 23.8. The van der Waals surface area contributed by atoms with Gasteiger partial charge in [-0.3, -0.25) is 9.89 Å². The van der Waals surface area contributed by atoms with Gasteiger partial charge in [0.1, 0.15) is 11.6 Å². The number of ether oxygens (including phenoxy) is 1. The molecule has 0 radical (unpaired) electrons. The molecule has 2 N–H and O–H groups in total. The summed E-state index contributed by atoms with van der Waals surface area (Å²) in [5.41, 5.74) is 2.89. The number of likely N-dealkylation sites (tertiary alicyclic amines) is 1. The molecule has 1 saturated heterocycles. The van der Waals surface area contributed by atoms with Crippen molar-refractivity contribution in [2.75, 3.05) is 32.8 Å². The normalized spacial score (nSPS) is 17.1. The summed E-state index contributed by atoms with van der Waals surface area (Å²) in [4.78, 5) is 17.7. The van der Waals surface area contributed by atoms with Gasteiger partial charge in [0.05, 0.1) is 30.9 Å². The molecule has 1 unspecified atom stereocenters. The molecule has 184 valence electrons. The molecule has 0 amide bonds. The number of aliphatic imine (C=N–C) groups is 1. The van der Waals surface area contributed by atoms with Crippen molar-refractivity contribution in [2.24, 2.45) is 4.99 Å². The molecule has 2 aromatic heterocycles. The summed E-state index contributed by atoms with van der Waals surface area (Å²) >= 11 is 1.66. The topological polar surface area (TPSA) is 113 Å². The predicted octanol–water partition coefficient (Wildman–Crippen LogP) is 3.37. The maximum atomic E-state index is 9.03. The lowest BCUT2D eigenvalue weighted by Crippen LogP contribution is -2.50. The summed E-state index contributed by atoms with van der Waals surface area (Å²) in [6.07, 6.45) is 4.06. The van der Waals surface area contributed by atoms with Crippen LogP contribution in [0.2, 0.25) is 0 Å². The van der Waals surface area contributed by atoms with Crippen molar-refractivity contribution in [2.45, 2.75) is 45.2 Å². The third kappa shape index (κ3) is 4.78. The van der Waals surface area contributed by atoms with Crippen LogP contribution in [0.15, 0.2) is 23.2 Å². The van der Waals surface area contributed by atoms with E-state index in [-0.39, 0.29) is 24.6 Å². The van der Waals surface area contributed by atoms with Gasteiger partial charge in [-0.1, -0.05) is 6.07 Å². The second kappa shape index (κ2) is 9.96. The molecule has 2 aliphatic rings. The minimum Gasteiger partial charge on any atom is -0.492 e. The number of aliphatic hydroxyl groups excluding tert-OH is 1. The fraction of sp³-hybridized carbons (Fsp3) is 0.480. The van der Waals surface area contributed by atoms with Crippen molar-refractivity contribution in [3.63, 3.8) is 0 Å². The van der Waals surface area contributed by atoms with Crippen molar-refractivity contribution >= 4 is 23.8 Å². The number of aryl methyl sites for hydroxylation is 1. The zero-order valence-electron chi connectivity index (χ0n) is 20.3. The third-order valence-corrected chi connectivity index (χ3v) is 7.45. The van der Waals surface area contributed by atoms with Crippen LogP contribution in [0.3, 0.4) is 0 Å². The van der Waals surface area contributed by atoms with Crippen molar-refractivity contribution in [3.8, 4) is 27.8 Å². The third-order valence-electron chi connectivity index (χ3n) is 6.34. The molecule has 0 saturated carbocycles. The Morgan fingerprint density at radius 1 is 1.31 bits per heavy atom. The van der Waals surface area contributed by atoms with E-state index in [1.54, 1.807) is 11.3 Å². The molecule has 1 fully saturated rings. The second-order valence-electron chi connectivity index (χ2n) is 9.29. The van der Waals surface area contributed by atoms with Crippen LogP contribution in [-0.4, -0.2) is 81.1 Å². The zero-order valence-corrected chi connectivity index (χ0v) is 21.1. The molecule has 9 nitrogen and oxygen atoms in total. The lowest BCUT2D eigenvalue weighted by molar-refractivity contribution is 0.119. The highest BCUT2D eigenvalue weighted by molar-refractivity contribution is 7.15. The Morgan fingerprint density at radius 2 is 2.14 bits per heavy atom. The van der Waals surface area contributed by atoms with Crippen molar-refractivity contribution in [3.05, 3.63) is 34.5 Å². The van der Waals surface area contributed by atoms with E-state index in [2.05, 4.69) is 33.8 Å². The van der Waals surface area contributed by atoms with Gasteiger partial charge in [0.25, 0.3) is 0 Å². The van der Waals surface area contributed by atoms with Crippen LogP contribution in [0.1, 0.15) is 42.1 Å². The Balaban J connectivity index is 1.41. The maximum Gasteiger partial charge on any atom is 0.187 e. The van der Waals surface area contributed by atoms with Gasteiger partial charge in [-0.15, -0.1) is 11.3 Å². The largest absolute Gasteiger partial charge is 0.492 e. The van der Waals surface area contributed by atoms with E-state index in [4.69, 9.17) is 20.2 Å². The number of hydrogen-bond donors (Lipinski definition) is 2. The molecule has 1 atom stereocenters. The van der Waals surface area contributed by atoms with Gasteiger partial charge in [-0.05, 0) is 38.5 Å². The molecular formula is C25H31N7O2S. The van der Waals surface area contributed by atoms with E-state index in [1.165, 1.54) is 11.1 Å². The predicted molar refractivity (Wildman–Crippen MR) is 138 cm³/mol. The fourth-order valence-corrected chi connectivity index (χ4v) is 5.52. The summed E-state index contributed by atoms with van der Waals surface area (Å²) in [5, 5.41) is 22.4. The first-order valence-electron chi connectivity index (χ1n) is 12.0. The van der Waals surface area contributed by atoms with Gasteiger partial charge in [0.2, 0.25) is 0 Å². The highest BCUT2D eigenvalue weighted by Gasteiger charge is 2.26. The second-order valence-corrected chi connectivity index (χ2v) is 10.4. The fourth-order valence-electron chi connectivity index (χ4n) is 4.48. The minimum atomic E-state index is -0.211. The Bertz CT molecular complexity index is 1240. The summed E-state index contributed by atoms with van der Waals surface area (Å²) in [5.74, 6) is 2.13. The highest BCUT2D eigenvalue weighted by Crippen LogP contribution is 2.41. The van der Waals surface area contributed by atoms with Gasteiger partial charge < -0.3 is 15.3 Å². The molecule has 35 heavy (non-hydrogen) atoms. The van der Waals surface area contributed by atoms with Crippen LogP contribution in [-0.2, 0) is 6.42 Å². The van der Waals surface area contributed by atoms with Crippen molar-refractivity contribution < 1.29 is 9.84 Å². The van der Waals surface area contributed by atoms with Gasteiger partial charge in [0, 0.05) is 55.0 Å². The van der Waals surface area contributed by atoms with Crippen LogP contribution < -0.4 is 4.74 Å². The number of aromatic nitrogens is 4. The Morgan fingerprint density at radius 3 is 2.89 bits per heavy atom. The number of thiazole rings is 1. The van der Waals surface area contributed by atoms with Gasteiger partial charge in [-0.25, -0.2) is 14.6 Å². The molecule has 4 heterocycles. The van der Waals surface area contributed by atoms with Crippen LogP contribution in [0, 0.1) is 12.3 Å². The van der Waals surface area contributed by atoms with Gasteiger partial charge in [0.15, 0.2) is 10.8 Å². The Hall–Kier alpha value is -2.95. The highest BCUT2D eigenvalue weighted by atomic mass is 32.1. The Kier molecular flexibility index (Phi) is 6.77. The number of nitrogens with one attached hydrogen (secondary N) is 1. The minimum absolute atomic E-state index is 0.175. The van der Waals surface area contributed by atoms with E-state index >= 15 is 0 Å². The standard InChI is InChI=1S/C25H31N7O2S/c1-15(2)32-24(28-16(3)30-32)25-29-23-20-5-4-17(10-21(20)34-9-6-22(23)35-25)18(11-26)12-27-19-13-31(14-19)7-8-33/h4-5,10-12,15,18-19,26,33H,6-9,13-14H2,1-3H3. The molecule has 0 aliphatic carbocycles. The Labute approximate surface area is 209 Å². The maximum absolute atomic E-state index is 9.03. The molecule has 0 bridgehead atoms. The van der Waals surface area contributed by atoms with E-state index in [1.807, 2.05) is 36.0 Å². The van der Waals surface area contributed by atoms with Crippen molar-refractivity contribution in [1.82, 2.24) is 24.6 Å². The van der Waals surface area contributed by atoms with Crippen molar-refractivity contribution in [1.29, 1.82) is 5.41 Å². The lowest BCUT2D eigenvalue weighted by Gasteiger charge is -2.36. The van der Waals surface area contributed by atoms with Crippen LogP contribution >= 0.6 is 11.3 Å². The average molecular weight is 494 g/mol. The first-order valence-corrected chi connectivity index (χ1v) is 12.9. The number of benzene rings is 1. The number of rotatable bonds is 8. The monoisotopic (exact) mass is 493 g/mol. The zero-order chi connectivity index (χ0) is 24.5. The molecule has 0 spiro atoms. The molecule has 1 aromatic carbocycles. The summed E-state index contributed by atoms with van der Waals surface area (Å²) in [6.45, 7) is 9.26. The van der Waals surface area contributed by atoms with Crippen LogP contribution in [0.4, 0.5) is 0 Å². The molecule has 10 heteroatoms. The molecule has 3 aromatic rings. The van der Waals surface area contributed by atoms with Crippen LogP contribution in [0.25, 0.3) is 22.1 Å². The van der Waals surface area contributed by atoms with Gasteiger partial charge in [-0.2, -0.15) is 5.10 Å². The van der Waals surface area contributed by atoms with Gasteiger partial charge >= 0.3 is 0 Å². The average Bonchev–Trinajstić information content (AvgIpc) is 3.37. The van der Waals surface area contributed by atoms with Crippen LogP contribution in [0.5, 0.6) is 5.75 Å². The van der Waals surface area contributed by atoms with E-state index in [9.17, 15) is 0 Å². The first-order chi connectivity index (χ1) is 17.0. The summed E-state index contributed by atoms with van der Waals surface area (Å²) in [7, 11) is 0. The number of nitrogens with zero attached hydrogens (tertiary/aromatic N) is 6. The summed E-state index contributed by atoms with van der Waals surface area (Å²) < 4.78 is 8.06. The van der Waals surface area contributed by atoms with E-state index in [0.29, 0.717) is 13.2 Å². The van der Waals surface area contributed by atoms with E-state index in [0.717, 1.165) is 58.7 Å². The SMILES string of the molecule is Cc1nc(-c2nc3c(s2)CCOc2cc(C(C=N)C=NC4CN(CCO)C4)ccc2-3)n(C(C)C)n1. The van der Waals surface area contributed by atoms with E-state index < -0.39 is 0 Å². The smallest absolute Gasteiger partial charge is 0.187 e. The molecular weight excluding hydrogens is 462 g/mol. The number of fused-ring (bicyclic) bond motifs is 3. The number of β-amino-alcohol motifs (C(OH)–C–C–N with tert-alkyl or cyclic N) is 1. The number of aliphatic hydroxyl groups is 1. The quantitative estimate of drug-likeness (QED) is 0.465. The number of hydrogen-bond acceptors (Lipinski definition) is 9.